The number of aliphatic hydroxyl groups is 1. The Morgan fingerprint density at radius 2 is 2.12 bits per heavy atom. The molecular weight excluding hydrogens is 220 g/mol. The lowest BCUT2D eigenvalue weighted by Gasteiger charge is -2.18. The van der Waals surface area contributed by atoms with Crippen LogP contribution in [0.2, 0.25) is 0 Å². The van der Waals surface area contributed by atoms with E-state index in [1.165, 1.54) is 0 Å². The number of carbonyl (C=O) groups excluding carboxylic acids is 1. The third kappa shape index (κ3) is 10.2. The van der Waals surface area contributed by atoms with E-state index in [1.807, 2.05) is 14.1 Å². The van der Waals surface area contributed by atoms with Crippen LogP contribution >= 0.6 is 0 Å². The highest BCUT2D eigenvalue weighted by molar-refractivity contribution is 5.69. The SMILES string of the molecule is CCOC(=O)CC(O)CNC(C)CCN(C)C. The molecule has 0 aliphatic rings. The van der Waals surface area contributed by atoms with E-state index in [4.69, 9.17) is 4.74 Å². The number of aliphatic hydroxyl groups excluding tert-OH is 1. The monoisotopic (exact) mass is 246 g/mol. The van der Waals surface area contributed by atoms with Crippen LogP contribution in [0.3, 0.4) is 0 Å². The molecule has 5 nitrogen and oxygen atoms in total. The first-order chi connectivity index (χ1) is 7.95. The van der Waals surface area contributed by atoms with Crippen molar-refractivity contribution in [2.24, 2.45) is 0 Å². The fraction of sp³-hybridized carbons (Fsp3) is 0.917. The Morgan fingerprint density at radius 1 is 1.47 bits per heavy atom. The molecule has 0 aromatic rings. The molecular formula is C12H26N2O3. The first-order valence-corrected chi connectivity index (χ1v) is 6.17. The second kappa shape index (κ2) is 9.39. The smallest absolute Gasteiger partial charge is 0.308 e. The number of nitrogens with zero attached hydrogens (tertiary/aromatic N) is 1. The predicted molar refractivity (Wildman–Crippen MR) is 67.9 cm³/mol. The van der Waals surface area contributed by atoms with Crippen LogP contribution in [0.5, 0.6) is 0 Å². The van der Waals surface area contributed by atoms with Crippen molar-refractivity contribution in [3.8, 4) is 0 Å². The van der Waals surface area contributed by atoms with Crippen molar-refractivity contribution in [2.75, 3.05) is 33.8 Å². The van der Waals surface area contributed by atoms with Crippen molar-refractivity contribution in [3.05, 3.63) is 0 Å². The second-order valence-corrected chi connectivity index (χ2v) is 4.56. The third-order valence-corrected chi connectivity index (χ3v) is 2.42. The molecule has 2 atom stereocenters. The summed E-state index contributed by atoms with van der Waals surface area (Å²) in [6, 6.07) is 0.328. The van der Waals surface area contributed by atoms with Gasteiger partial charge >= 0.3 is 5.97 Å². The van der Waals surface area contributed by atoms with Gasteiger partial charge in [0.1, 0.15) is 0 Å². The molecule has 0 aliphatic heterocycles. The molecule has 0 rings (SSSR count). The zero-order valence-corrected chi connectivity index (χ0v) is 11.4. The molecule has 0 radical (unpaired) electrons. The summed E-state index contributed by atoms with van der Waals surface area (Å²) in [6.07, 6.45) is 0.399. The fourth-order valence-corrected chi connectivity index (χ4v) is 1.38. The Bertz CT molecular complexity index is 210. The van der Waals surface area contributed by atoms with E-state index in [1.54, 1.807) is 6.92 Å². The normalized spacial score (nSPS) is 14.7. The number of carbonyl (C=O) groups is 1. The van der Waals surface area contributed by atoms with Crippen molar-refractivity contribution in [1.29, 1.82) is 0 Å². The van der Waals surface area contributed by atoms with Crippen molar-refractivity contribution >= 4 is 5.97 Å². The molecule has 0 heterocycles. The molecule has 0 aromatic heterocycles. The van der Waals surface area contributed by atoms with Crippen LogP contribution in [0, 0.1) is 0 Å². The summed E-state index contributed by atoms with van der Waals surface area (Å²) >= 11 is 0. The lowest BCUT2D eigenvalue weighted by molar-refractivity contribution is -0.145. The predicted octanol–water partition coefficient (Wildman–Crippen LogP) is 0.230. The number of hydrogen-bond acceptors (Lipinski definition) is 5. The Morgan fingerprint density at radius 3 is 2.65 bits per heavy atom. The topological polar surface area (TPSA) is 61.8 Å². The van der Waals surface area contributed by atoms with Gasteiger partial charge in [0.05, 0.1) is 19.1 Å². The van der Waals surface area contributed by atoms with Crippen LogP contribution in [0.4, 0.5) is 0 Å². The molecule has 0 fully saturated rings. The van der Waals surface area contributed by atoms with Gasteiger partial charge in [-0.25, -0.2) is 0 Å². The van der Waals surface area contributed by atoms with Gasteiger partial charge in [-0.1, -0.05) is 0 Å². The average Bonchev–Trinajstić information content (AvgIpc) is 2.23. The van der Waals surface area contributed by atoms with Crippen LogP contribution in [0.25, 0.3) is 0 Å². The minimum Gasteiger partial charge on any atom is -0.466 e. The maximum Gasteiger partial charge on any atom is 0.308 e. The van der Waals surface area contributed by atoms with Crippen LogP contribution in [-0.4, -0.2) is 61.9 Å². The molecule has 102 valence electrons. The first-order valence-electron chi connectivity index (χ1n) is 6.17. The van der Waals surface area contributed by atoms with Gasteiger partial charge in [0.2, 0.25) is 0 Å². The molecule has 0 saturated carbocycles. The van der Waals surface area contributed by atoms with Gasteiger partial charge in [0, 0.05) is 12.6 Å². The molecule has 2 unspecified atom stereocenters. The van der Waals surface area contributed by atoms with Crippen molar-refractivity contribution in [1.82, 2.24) is 10.2 Å². The van der Waals surface area contributed by atoms with Crippen molar-refractivity contribution in [3.63, 3.8) is 0 Å². The van der Waals surface area contributed by atoms with Gasteiger partial charge in [0.25, 0.3) is 0 Å². The summed E-state index contributed by atoms with van der Waals surface area (Å²) < 4.78 is 4.76. The largest absolute Gasteiger partial charge is 0.466 e. The van der Waals surface area contributed by atoms with Gasteiger partial charge in [0.15, 0.2) is 0 Å². The Hall–Kier alpha value is -0.650. The summed E-state index contributed by atoms with van der Waals surface area (Å²) in [5.74, 6) is -0.345. The Balaban J connectivity index is 3.61. The van der Waals surface area contributed by atoms with Gasteiger partial charge in [-0.3, -0.25) is 4.79 Å². The molecule has 0 saturated heterocycles. The van der Waals surface area contributed by atoms with E-state index in [2.05, 4.69) is 17.1 Å². The summed E-state index contributed by atoms with van der Waals surface area (Å²) in [6.45, 7) is 5.61. The number of hydrogen-bond donors (Lipinski definition) is 2. The first kappa shape index (κ1) is 16.4. The quantitative estimate of drug-likeness (QED) is 0.570. The maximum atomic E-state index is 11.1. The van der Waals surface area contributed by atoms with E-state index in [0.29, 0.717) is 19.2 Å². The highest BCUT2D eigenvalue weighted by Gasteiger charge is 2.12. The lowest BCUT2D eigenvalue weighted by Crippen LogP contribution is -2.36. The summed E-state index contributed by atoms with van der Waals surface area (Å²) in [5.41, 5.74) is 0. The van der Waals surface area contributed by atoms with Gasteiger partial charge in [-0.15, -0.1) is 0 Å². The van der Waals surface area contributed by atoms with Gasteiger partial charge in [-0.2, -0.15) is 0 Å². The van der Waals surface area contributed by atoms with E-state index >= 15 is 0 Å². The number of nitrogens with one attached hydrogen (secondary N) is 1. The molecule has 17 heavy (non-hydrogen) atoms. The summed E-state index contributed by atoms with van der Waals surface area (Å²) in [7, 11) is 4.06. The third-order valence-electron chi connectivity index (χ3n) is 2.42. The van der Waals surface area contributed by atoms with Crippen LogP contribution in [0.15, 0.2) is 0 Å². The van der Waals surface area contributed by atoms with Crippen molar-refractivity contribution in [2.45, 2.75) is 38.8 Å². The standard InChI is InChI=1S/C12H26N2O3/c1-5-17-12(16)8-11(15)9-13-10(2)6-7-14(3)4/h10-11,13,15H,5-9H2,1-4H3. The molecule has 0 aliphatic carbocycles. The van der Waals surface area contributed by atoms with E-state index in [0.717, 1.165) is 13.0 Å². The summed E-state index contributed by atoms with van der Waals surface area (Å²) in [4.78, 5) is 13.2. The fourth-order valence-electron chi connectivity index (χ4n) is 1.38. The maximum absolute atomic E-state index is 11.1. The lowest BCUT2D eigenvalue weighted by atomic mass is 10.2. The molecule has 0 amide bonds. The highest BCUT2D eigenvalue weighted by atomic mass is 16.5. The molecule has 0 aromatic carbocycles. The van der Waals surface area contributed by atoms with E-state index in [9.17, 15) is 9.90 Å². The highest BCUT2D eigenvalue weighted by Crippen LogP contribution is 1.96. The molecule has 0 bridgehead atoms. The van der Waals surface area contributed by atoms with E-state index < -0.39 is 6.10 Å². The van der Waals surface area contributed by atoms with Crippen LogP contribution in [-0.2, 0) is 9.53 Å². The van der Waals surface area contributed by atoms with Gasteiger partial charge in [-0.05, 0) is 40.9 Å². The minimum absolute atomic E-state index is 0.0568. The molecule has 2 N–H and O–H groups in total. The Kier molecular flexibility index (Phi) is 9.03. The minimum atomic E-state index is -0.671. The zero-order valence-electron chi connectivity index (χ0n) is 11.4. The van der Waals surface area contributed by atoms with Crippen LogP contribution < -0.4 is 5.32 Å². The van der Waals surface area contributed by atoms with Gasteiger partial charge < -0.3 is 20.1 Å². The molecule has 0 spiro atoms. The average molecular weight is 246 g/mol. The number of esters is 1. The van der Waals surface area contributed by atoms with Crippen LogP contribution in [0.1, 0.15) is 26.7 Å². The molecule has 5 heteroatoms. The zero-order chi connectivity index (χ0) is 13.3. The number of rotatable bonds is 9. The van der Waals surface area contributed by atoms with Crippen molar-refractivity contribution < 1.29 is 14.6 Å². The second-order valence-electron chi connectivity index (χ2n) is 4.56. The Labute approximate surface area is 104 Å². The summed E-state index contributed by atoms with van der Waals surface area (Å²) in [5, 5.41) is 12.8. The number of ether oxygens (including phenoxy) is 1. The van der Waals surface area contributed by atoms with E-state index in [-0.39, 0.29) is 12.4 Å².